The molecule has 0 heterocycles. The van der Waals surface area contributed by atoms with Crippen molar-refractivity contribution in [2.45, 2.75) is 53.5 Å². The third kappa shape index (κ3) is 7.82. The highest BCUT2D eigenvalue weighted by Gasteiger charge is 2.23. The third-order valence-corrected chi connectivity index (χ3v) is 2.96. The van der Waals surface area contributed by atoms with E-state index < -0.39 is 11.9 Å². The molecule has 0 aliphatic carbocycles. The molecule has 0 aromatic carbocycles. The van der Waals surface area contributed by atoms with E-state index in [0.29, 0.717) is 6.54 Å². The molecular weight excluding hydrogens is 244 g/mol. The predicted octanol–water partition coefficient (Wildman–Crippen LogP) is 1.71. The van der Waals surface area contributed by atoms with Gasteiger partial charge < -0.3 is 15.7 Å². The molecule has 0 saturated heterocycles. The van der Waals surface area contributed by atoms with Crippen molar-refractivity contribution in [2.75, 3.05) is 13.1 Å². The van der Waals surface area contributed by atoms with Gasteiger partial charge in [0.05, 0.1) is 5.92 Å². The molecular formula is C14H28N2O3. The molecule has 1 amide bonds. The Morgan fingerprint density at radius 2 is 1.84 bits per heavy atom. The first-order chi connectivity index (χ1) is 8.56. The summed E-state index contributed by atoms with van der Waals surface area (Å²) < 4.78 is 0. The topological polar surface area (TPSA) is 83.6 Å². The lowest BCUT2D eigenvalue weighted by Crippen LogP contribution is -2.40. The number of carbonyl (C=O) groups is 2. The van der Waals surface area contributed by atoms with E-state index in [-0.39, 0.29) is 30.3 Å². The van der Waals surface area contributed by atoms with Crippen LogP contribution in [0, 0.1) is 11.3 Å². The van der Waals surface area contributed by atoms with Gasteiger partial charge in [0.15, 0.2) is 0 Å². The van der Waals surface area contributed by atoms with Crippen molar-refractivity contribution in [1.82, 2.24) is 4.90 Å². The number of rotatable bonds is 7. The monoisotopic (exact) mass is 272 g/mol. The number of carboxylic acid groups (broad SMARTS) is 1. The van der Waals surface area contributed by atoms with E-state index in [9.17, 15) is 9.59 Å². The van der Waals surface area contributed by atoms with Gasteiger partial charge in [0.25, 0.3) is 0 Å². The molecule has 0 rings (SSSR count). The van der Waals surface area contributed by atoms with Crippen LogP contribution in [0.3, 0.4) is 0 Å². The molecule has 0 aliphatic heterocycles. The molecule has 0 fully saturated rings. The van der Waals surface area contributed by atoms with Gasteiger partial charge in [-0.25, -0.2) is 0 Å². The van der Waals surface area contributed by atoms with E-state index in [4.69, 9.17) is 10.8 Å². The van der Waals surface area contributed by atoms with Crippen molar-refractivity contribution in [3.8, 4) is 0 Å². The van der Waals surface area contributed by atoms with E-state index in [1.165, 1.54) is 0 Å². The molecule has 0 saturated carbocycles. The molecule has 0 bridgehead atoms. The summed E-state index contributed by atoms with van der Waals surface area (Å²) in [4.78, 5) is 24.5. The Labute approximate surface area is 116 Å². The highest BCUT2D eigenvalue weighted by molar-refractivity contribution is 5.78. The first kappa shape index (κ1) is 17.9. The molecule has 0 aliphatic rings. The maximum atomic E-state index is 12.1. The second-order valence-corrected chi connectivity index (χ2v) is 6.40. The van der Waals surface area contributed by atoms with Crippen molar-refractivity contribution < 1.29 is 14.7 Å². The number of carboxylic acids is 1. The van der Waals surface area contributed by atoms with Gasteiger partial charge in [0.1, 0.15) is 0 Å². The van der Waals surface area contributed by atoms with Crippen LogP contribution in [0.1, 0.15) is 47.5 Å². The van der Waals surface area contributed by atoms with Crippen molar-refractivity contribution in [1.29, 1.82) is 0 Å². The van der Waals surface area contributed by atoms with Crippen LogP contribution in [-0.4, -0.2) is 41.0 Å². The normalized spacial score (nSPS) is 14.8. The lowest BCUT2D eigenvalue weighted by Gasteiger charge is -2.27. The number of nitrogens with two attached hydrogens (primary N) is 1. The maximum Gasteiger partial charge on any atom is 0.308 e. The van der Waals surface area contributed by atoms with E-state index in [2.05, 4.69) is 20.8 Å². The number of amides is 1. The third-order valence-electron chi connectivity index (χ3n) is 2.96. The average molecular weight is 272 g/mol. The average Bonchev–Trinajstić information content (AvgIpc) is 2.21. The van der Waals surface area contributed by atoms with E-state index in [1.807, 2.05) is 6.92 Å². The standard InChI is InChI=1S/C14H28N2O3/c1-6-16(9-10(2)13(18)19)12(17)7-11(15)8-14(3,4)5/h10-11H,6-9,15H2,1-5H3,(H,18,19). The van der Waals surface area contributed by atoms with Crippen LogP contribution in [0.25, 0.3) is 0 Å². The lowest BCUT2D eigenvalue weighted by atomic mass is 9.87. The molecule has 0 aromatic rings. The summed E-state index contributed by atoms with van der Waals surface area (Å²) in [6, 6.07) is -0.179. The zero-order valence-electron chi connectivity index (χ0n) is 12.8. The predicted molar refractivity (Wildman–Crippen MR) is 75.7 cm³/mol. The Bertz CT molecular complexity index is 310. The van der Waals surface area contributed by atoms with Gasteiger partial charge in [-0.15, -0.1) is 0 Å². The van der Waals surface area contributed by atoms with Gasteiger partial charge in [0, 0.05) is 25.6 Å². The summed E-state index contributed by atoms with van der Waals surface area (Å²) in [7, 11) is 0. The number of nitrogens with zero attached hydrogens (tertiary/aromatic N) is 1. The van der Waals surface area contributed by atoms with E-state index in [0.717, 1.165) is 6.42 Å². The Hall–Kier alpha value is -1.10. The Morgan fingerprint density at radius 1 is 1.32 bits per heavy atom. The lowest BCUT2D eigenvalue weighted by molar-refractivity contribution is -0.143. The quantitative estimate of drug-likeness (QED) is 0.739. The second kappa shape index (κ2) is 7.48. The molecule has 0 radical (unpaired) electrons. The molecule has 0 aromatic heterocycles. The minimum Gasteiger partial charge on any atom is -0.481 e. The van der Waals surface area contributed by atoms with Gasteiger partial charge in [-0.05, 0) is 18.8 Å². The van der Waals surface area contributed by atoms with Crippen LogP contribution in [0.4, 0.5) is 0 Å². The smallest absolute Gasteiger partial charge is 0.308 e. The minimum atomic E-state index is -0.884. The number of hydrogen-bond donors (Lipinski definition) is 2. The van der Waals surface area contributed by atoms with Crippen LogP contribution >= 0.6 is 0 Å². The first-order valence-electron chi connectivity index (χ1n) is 6.83. The fraction of sp³-hybridized carbons (Fsp3) is 0.857. The first-order valence-corrected chi connectivity index (χ1v) is 6.83. The Kier molecular flexibility index (Phi) is 7.05. The van der Waals surface area contributed by atoms with Crippen LogP contribution in [-0.2, 0) is 9.59 Å². The molecule has 5 heteroatoms. The van der Waals surface area contributed by atoms with Crippen LogP contribution < -0.4 is 5.73 Å². The Balaban J connectivity index is 4.40. The van der Waals surface area contributed by atoms with Crippen molar-refractivity contribution in [3.05, 3.63) is 0 Å². The van der Waals surface area contributed by atoms with Crippen LogP contribution in [0.2, 0.25) is 0 Å². The van der Waals surface area contributed by atoms with Gasteiger partial charge in [-0.3, -0.25) is 9.59 Å². The zero-order chi connectivity index (χ0) is 15.2. The molecule has 3 N–H and O–H groups in total. The van der Waals surface area contributed by atoms with Crippen molar-refractivity contribution >= 4 is 11.9 Å². The SMILES string of the molecule is CCN(CC(C)C(=O)O)C(=O)CC(N)CC(C)(C)C. The molecule has 2 atom stereocenters. The highest BCUT2D eigenvalue weighted by Crippen LogP contribution is 2.21. The minimum absolute atomic E-state index is 0.0626. The molecule has 19 heavy (non-hydrogen) atoms. The fourth-order valence-electron chi connectivity index (χ4n) is 2.03. The van der Waals surface area contributed by atoms with E-state index >= 15 is 0 Å². The molecule has 2 unspecified atom stereocenters. The van der Waals surface area contributed by atoms with Gasteiger partial charge in [0.2, 0.25) is 5.91 Å². The van der Waals surface area contributed by atoms with Gasteiger partial charge in [-0.1, -0.05) is 27.7 Å². The Morgan fingerprint density at radius 3 is 2.21 bits per heavy atom. The summed E-state index contributed by atoms with van der Waals surface area (Å²) >= 11 is 0. The maximum absolute atomic E-state index is 12.1. The van der Waals surface area contributed by atoms with Crippen LogP contribution in [0.5, 0.6) is 0 Å². The van der Waals surface area contributed by atoms with Crippen molar-refractivity contribution in [3.63, 3.8) is 0 Å². The van der Waals surface area contributed by atoms with E-state index in [1.54, 1.807) is 11.8 Å². The summed E-state index contributed by atoms with van der Waals surface area (Å²) in [6.07, 6.45) is 1.04. The highest BCUT2D eigenvalue weighted by atomic mass is 16.4. The zero-order valence-corrected chi connectivity index (χ0v) is 12.8. The summed E-state index contributed by atoms with van der Waals surface area (Å²) in [5.41, 5.74) is 6.07. The number of hydrogen-bond acceptors (Lipinski definition) is 3. The summed E-state index contributed by atoms with van der Waals surface area (Å²) in [6.45, 7) is 10.5. The summed E-state index contributed by atoms with van der Waals surface area (Å²) in [5.74, 6) is -1.50. The summed E-state index contributed by atoms with van der Waals surface area (Å²) in [5, 5.41) is 8.88. The number of carbonyl (C=O) groups excluding carboxylic acids is 1. The van der Waals surface area contributed by atoms with Crippen molar-refractivity contribution in [2.24, 2.45) is 17.1 Å². The van der Waals surface area contributed by atoms with Crippen LogP contribution in [0.15, 0.2) is 0 Å². The molecule has 5 nitrogen and oxygen atoms in total. The second-order valence-electron chi connectivity index (χ2n) is 6.40. The number of aliphatic carboxylic acids is 1. The van der Waals surface area contributed by atoms with Gasteiger partial charge >= 0.3 is 5.97 Å². The van der Waals surface area contributed by atoms with Gasteiger partial charge in [-0.2, -0.15) is 0 Å². The molecule has 112 valence electrons. The molecule has 0 spiro atoms. The largest absolute Gasteiger partial charge is 0.481 e. The fourth-order valence-corrected chi connectivity index (χ4v) is 2.03.